The maximum absolute atomic E-state index is 11.2. The summed E-state index contributed by atoms with van der Waals surface area (Å²) in [7, 11) is 1.56. The zero-order chi connectivity index (χ0) is 16.7. The molecule has 0 aliphatic rings. The third-order valence-corrected chi connectivity index (χ3v) is 3.51. The Bertz CT molecular complexity index is 678. The molecule has 0 aliphatic carbocycles. The molecular weight excluding hydrogens is 320 g/mol. The highest BCUT2D eigenvalue weighted by Crippen LogP contribution is 2.33. The van der Waals surface area contributed by atoms with E-state index in [1.54, 1.807) is 26.2 Å². The van der Waals surface area contributed by atoms with E-state index in [1.807, 2.05) is 0 Å². The zero-order valence-electron chi connectivity index (χ0n) is 13.2. The van der Waals surface area contributed by atoms with Gasteiger partial charge in [-0.1, -0.05) is 11.6 Å². The molecule has 7 heteroatoms. The fraction of sp³-hybridized carbons (Fsp3) is 0.438. The standard InChI is InChI=1S/C16H19ClN2O4/c1-3-22-15(20)6-4-5-7-23-14-9-12-11(8-13(14)21-2)16(17)19-10-18-12/h8-10H,3-7H2,1-2H3. The SMILES string of the molecule is CCOC(=O)CCCCOc1cc2ncnc(Cl)c2cc1OC. The molecule has 0 amide bonds. The number of methoxy groups -OCH3 is 1. The fourth-order valence-electron chi connectivity index (χ4n) is 2.09. The topological polar surface area (TPSA) is 70.5 Å². The lowest BCUT2D eigenvalue weighted by molar-refractivity contribution is -0.143. The van der Waals surface area contributed by atoms with Crippen molar-refractivity contribution in [1.82, 2.24) is 9.97 Å². The number of nitrogens with zero attached hydrogens (tertiary/aromatic N) is 2. The smallest absolute Gasteiger partial charge is 0.305 e. The van der Waals surface area contributed by atoms with E-state index in [0.717, 1.165) is 6.42 Å². The van der Waals surface area contributed by atoms with E-state index < -0.39 is 0 Å². The molecule has 1 aromatic carbocycles. The normalized spacial score (nSPS) is 10.6. The maximum atomic E-state index is 11.2. The molecule has 1 heterocycles. The monoisotopic (exact) mass is 338 g/mol. The van der Waals surface area contributed by atoms with Crippen LogP contribution in [0.1, 0.15) is 26.2 Å². The summed E-state index contributed by atoms with van der Waals surface area (Å²) in [6.45, 7) is 2.68. The molecule has 0 radical (unpaired) electrons. The lowest BCUT2D eigenvalue weighted by Crippen LogP contribution is -2.05. The quantitative estimate of drug-likeness (QED) is 0.417. The Morgan fingerprint density at radius 3 is 2.78 bits per heavy atom. The molecule has 6 nitrogen and oxygen atoms in total. The van der Waals surface area contributed by atoms with Gasteiger partial charge in [-0.2, -0.15) is 0 Å². The lowest BCUT2D eigenvalue weighted by atomic mass is 10.2. The van der Waals surface area contributed by atoms with Crippen LogP contribution in [0.15, 0.2) is 18.5 Å². The first-order valence-corrected chi connectivity index (χ1v) is 7.80. The van der Waals surface area contributed by atoms with Crippen molar-refractivity contribution in [1.29, 1.82) is 0 Å². The van der Waals surface area contributed by atoms with Crippen molar-refractivity contribution in [3.8, 4) is 11.5 Å². The molecule has 0 fully saturated rings. The van der Waals surface area contributed by atoms with Crippen molar-refractivity contribution in [3.05, 3.63) is 23.6 Å². The average Bonchev–Trinajstić information content (AvgIpc) is 2.54. The van der Waals surface area contributed by atoms with Crippen LogP contribution in [-0.4, -0.2) is 36.3 Å². The van der Waals surface area contributed by atoms with E-state index in [0.29, 0.717) is 53.6 Å². The third-order valence-electron chi connectivity index (χ3n) is 3.21. The van der Waals surface area contributed by atoms with Gasteiger partial charge in [0.1, 0.15) is 11.5 Å². The van der Waals surface area contributed by atoms with Crippen LogP contribution in [0.5, 0.6) is 11.5 Å². The minimum Gasteiger partial charge on any atom is -0.493 e. The Morgan fingerprint density at radius 1 is 1.22 bits per heavy atom. The van der Waals surface area contributed by atoms with Crippen molar-refractivity contribution < 1.29 is 19.0 Å². The predicted molar refractivity (Wildman–Crippen MR) is 87.1 cm³/mol. The van der Waals surface area contributed by atoms with Crippen LogP contribution >= 0.6 is 11.6 Å². The van der Waals surface area contributed by atoms with Gasteiger partial charge in [-0.3, -0.25) is 4.79 Å². The molecular formula is C16H19ClN2O4. The number of halogens is 1. The lowest BCUT2D eigenvalue weighted by Gasteiger charge is -2.12. The second-order valence-corrected chi connectivity index (χ2v) is 5.15. The van der Waals surface area contributed by atoms with Crippen LogP contribution in [0.3, 0.4) is 0 Å². The number of ether oxygens (including phenoxy) is 3. The van der Waals surface area contributed by atoms with E-state index in [9.17, 15) is 4.79 Å². The molecule has 1 aromatic heterocycles. The van der Waals surface area contributed by atoms with Crippen LogP contribution in [0.25, 0.3) is 10.9 Å². The van der Waals surface area contributed by atoms with Gasteiger partial charge in [0.2, 0.25) is 0 Å². The van der Waals surface area contributed by atoms with Crippen molar-refractivity contribution in [2.75, 3.05) is 20.3 Å². The van der Waals surface area contributed by atoms with Crippen molar-refractivity contribution in [2.45, 2.75) is 26.2 Å². The maximum Gasteiger partial charge on any atom is 0.305 e. The van der Waals surface area contributed by atoms with E-state index in [4.69, 9.17) is 25.8 Å². The summed E-state index contributed by atoms with van der Waals surface area (Å²) in [6.07, 6.45) is 3.25. The number of carbonyl (C=O) groups excluding carboxylic acids is 1. The fourth-order valence-corrected chi connectivity index (χ4v) is 2.29. The number of fused-ring (bicyclic) bond motifs is 1. The van der Waals surface area contributed by atoms with E-state index in [-0.39, 0.29) is 5.97 Å². The highest BCUT2D eigenvalue weighted by Gasteiger charge is 2.10. The van der Waals surface area contributed by atoms with Crippen LogP contribution in [-0.2, 0) is 9.53 Å². The second kappa shape index (κ2) is 8.53. The summed E-state index contributed by atoms with van der Waals surface area (Å²) < 4.78 is 15.9. The van der Waals surface area contributed by atoms with Gasteiger partial charge in [0.05, 0.1) is 25.8 Å². The Morgan fingerprint density at radius 2 is 2.04 bits per heavy atom. The molecule has 2 rings (SSSR count). The summed E-state index contributed by atoms with van der Waals surface area (Å²) >= 11 is 6.05. The highest BCUT2D eigenvalue weighted by molar-refractivity contribution is 6.34. The highest BCUT2D eigenvalue weighted by atomic mass is 35.5. The number of carbonyl (C=O) groups is 1. The Labute approximate surface area is 139 Å². The molecule has 0 N–H and O–H groups in total. The minimum atomic E-state index is -0.179. The molecule has 0 saturated heterocycles. The zero-order valence-corrected chi connectivity index (χ0v) is 13.9. The van der Waals surface area contributed by atoms with Crippen molar-refractivity contribution in [2.24, 2.45) is 0 Å². The molecule has 2 aromatic rings. The van der Waals surface area contributed by atoms with E-state index >= 15 is 0 Å². The van der Waals surface area contributed by atoms with Gasteiger partial charge in [0.25, 0.3) is 0 Å². The number of esters is 1. The largest absolute Gasteiger partial charge is 0.493 e. The summed E-state index contributed by atoms with van der Waals surface area (Å²) in [6, 6.07) is 3.53. The second-order valence-electron chi connectivity index (χ2n) is 4.80. The average molecular weight is 339 g/mol. The number of rotatable bonds is 8. The molecule has 0 saturated carbocycles. The first-order valence-electron chi connectivity index (χ1n) is 7.42. The van der Waals surface area contributed by atoms with Gasteiger partial charge in [0, 0.05) is 17.9 Å². The van der Waals surface area contributed by atoms with Crippen LogP contribution < -0.4 is 9.47 Å². The van der Waals surface area contributed by atoms with Gasteiger partial charge < -0.3 is 14.2 Å². The van der Waals surface area contributed by atoms with Gasteiger partial charge in [-0.15, -0.1) is 0 Å². The first-order chi connectivity index (χ1) is 11.2. The van der Waals surface area contributed by atoms with Crippen LogP contribution in [0.2, 0.25) is 5.15 Å². The van der Waals surface area contributed by atoms with E-state index in [1.165, 1.54) is 6.33 Å². The number of aromatic nitrogens is 2. The predicted octanol–water partition coefficient (Wildman–Crippen LogP) is 3.40. The minimum absolute atomic E-state index is 0.179. The molecule has 0 atom stereocenters. The molecule has 0 aliphatic heterocycles. The molecule has 0 bridgehead atoms. The number of unbranched alkanes of at least 4 members (excludes halogenated alkanes) is 1. The molecule has 124 valence electrons. The summed E-state index contributed by atoms with van der Waals surface area (Å²) in [5, 5.41) is 1.08. The van der Waals surface area contributed by atoms with Crippen molar-refractivity contribution >= 4 is 28.5 Å². The summed E-state index contributed by atoms with van der Waals surface area (Å²) in [5.74, 6) is 0.979. The van der Waals surface area contributed by atoms with Gasteiger partial charge in [-0.05, 0) is 25.8 Å². The number of benzene rings is 1. The van der Waals surface area contributed by atoms with Gasteiger partial charge in [0.15, 0.2) is 11.5 Å². The summed E-state index contributed by atoms with van der Waals surface area (Å²) in [5.41, 5.74) is 0.687. The Balaban J connectivity index is 1.96. The van der Waals surface area contributed by atoms with Gasteiger partial charge >= 0.3 is 5.97 Å². The third kappa shape index (κ3) is 4.69. The Hall–Kier alpha value is -2.08. The number of hydrogen-bond acceptors (Lipinski definition) is 6. The van der Waals surface area contributed by atoms with Crippen LogP contribution in [0, 0.1) is 0 Å². The van der Waals surface area contributed by atoms with Gasteiger partial charge in [-0.25, -0.2) is 9.97 Å². The summed E-state index contributed by atoms with van der Waals surface area (Å²) in [4.78, 5) is 19.4. The van der Waals surface area contributed by atoms with Crippen LogP contribution in [0.4, 0.5) is 0 Å². The Kier molecular flexibility index (Phi) is 6.40. The first kappa shape index (κ1) is 17.3. The molecule has 0 spiro atoms. The van der Waals surface area contributed by atoms with E-state index in [2.05, 4.69) is 9.97 Å². The molecule has 23 heavy (non-hydrogen) atoms. The van der Waals surface area contributed by atoms with Crippen molar-refractivity contribution in [3.63, 3.8) is 0 Å². The number of hydrogen-bond donors (Lipinski definition) is 0. The molecule has 0 unspecified atom stereocenters.